The highest BCUT2D eigenvalue weighted by molar-refractivity contribution is 14.1. The minimum atomic E-state index is 0.0939. The van der Waals surface area contributed by atoms with Gasteiger partial charge in [0.25, 0.3) is 0 Å². The molecule has 0 aromatic heterocycles. The molecule has 0 amide bonds. The predicted molar refractivity (Wildman–Crippen MR) is 67.4 cm³/mol. The highest BCUT2D eigenvalue weighted by atomic mass is 127. The van der Waals surface area contributed by atoms with E-state index in [0.29, 0.717) is 23.0 Å². The summed E-state index contributed by atoms with van der Waals surface area (Å²) < 4.78 is 12.1. The molecular weight excluding hydrogens is 319 g/mol. The first-order valence-corrected chi connectivity index (χ1v) is 5.79. The molecule has 0 fully saturated rings. The maximum absolute atomic E-state index is 9.75. The van der Waals surface area contributed by atoms with Crippen LogP contribution in [0.5, 0.6) is 28.7 Å². The Kier molecular flexibility index (Phi) is 2.17. The largest absolute Gasteiger partial charge is 0.504 e. The fourth-order valence-electron chi connectivity index (χ4n) is 1.58. The lowest BCUT2D eigenvalue weighted by atomic mass is 10.2. The second-order valence-corrected chi connectivity index (χ2v) is 4.65. The second kappa shape index (κ2) is 3.55. The summed E-state index contributed by atoms with van der Waals surface area (Å²) in [5, 5.41) is 9.75. The minimum Gasteiger partial charge on any atom is -0.504 e. The number of para-hydroxylation sites is 2. The molecule has 2 aromatic carbocycles. The Bertz CT molecular complexity index is 566. The van der Waals surface area contributed by atoms with Gasteiger partial charge in [-0.2, -0.15) is 0 Å². The van der Waals surface area contributed by atoms with Gasteiger partial charge in [-0.25, -0.2) is 0 Å². The second-order valence-electron chi connectivity index (χ2n) is 3.40. The van der Waals surface area contributed by atoms with Gasteiger partial charge in [0.05, 0.1) is 0 Å². The standard InChI is InChI=1S/C12H7IO3/c13-7-5-8(14)12-11(6-7)15-9-3-1-2-4-10(9)16-12/h1-6,14H. The van der Waals surface area contributed by atoms with Crippen LogP contribution in [0, 0.1) is 3.57 Å². The van der Waals surface area contributed by atoms with Crippen LogP contribution in [0.2, 0.25) is 0 Å². The van der Waals surface area contributed by atoms with Gasteiger partial charge in [-0.05, 0) is 46.9 Å². The highest BCUT2D eigenvalue weighted by Crippen LogP contribution is 2.49. The summed E-state index contributed by atoms with van der Waals surface area (Å²) >= 11 is 2.12. The van der Waals surface area contributed by atoms with Crippen molar-refractivity contribution in [3.8, 4) is 28.7 Å². The van der Waals surface area contributed by atoms with Crippen molar-refractivity contribution in [2.75, 3.05) is 0 Å². The van der Waals surface area contributed by atoms with Gasteiger partial charge in [0.15, 0.2) is 23.0 Å². The smallest absolute Gasteiger partial charge is 0.211 e. The predicted octanol–water partition coefficient (Wildman–Crippen LogP) is 3.89. The number of hydrogen-bond donors (Lipinski definition) is 1. The maximum Gasteiger partial charge on any atom is 0.211 e. The molecule has 1 aliphatic rings. The molecule has 1 aliphatic heterocycles. The van der Waals surface area contributed by atoms with Crippen LogP contribution in [-0.2, 0) is 0 Å². The monoisotopic (exact) mass is 326 g/mol. The van der Waals surface area contributed by atoms with Crippen molar-refractivity contribution in [1.29, 1.82) is 0 Å². The normalized spacial score (nSPS) is 12.1. The number of aromatic hydroxyl groups is 1. The molecule has 3 nitrogen and oxygen atoms in total. The van der Waals surface area contributed by atoms with Crippen LogP contribution in [-0.4, -0.2) is 5.11 Å². The van der Waals surface area contributed by atoms with E-state index in [1.807, 2.05) is 24.3 Å². The van der Waals surface area contributed by atoms with Crippen molar-refractivity contribution < 1.29 is 14.6 Å². The lowest BCUT2D eigenvalue weighted by molar-refractivity contribution is 0.337. The Hall–Kier alpha value is -1.43. The summed E-state index contributed by atoms with van der Waals surface area (Å²) in [5.41, 5.74) is 0. The molecule has 0 saturated carbocycles. The fraction of sp³-hybridized carbons (Fsp3) is 0. The fourth-order valence-corrected chi connectivity index (χ4v) is 2.16. The summed E-state index contributed by atoms with van der Waals surface area (Å²) in [7, 11) is 0. The number of phenols is 1. The first kappa shape index (κ1) is 9.77. The van der Waals surface area contributed by atoms with Crippen LogP contribution in [0.25, 0.3) is 0 Å². The van der Waals surface area contributed by atoms with Crippen LogP contribution < -0.4 is 9.47 Å². The van der Waals surface area contributed by atoms with Crippen molar-refractivity contribution in [3.63, 3.8) is 0 Å². The molecule has 16 heavy (non-hydrogen) atoms. The Morgan fingerprint density at radius 1 is 0.938 bits per heavy atom. The van der Waals surface area contributed by atoms with Gasteiger partial charge in [0.1, 0.15) is 0 Å². The van der Waals surface area contributed by atoms with Crippen molar-refractivity contribution in [2.45, 2.75) is 0 Å². The van der Waals surface area contributed by atoms with Crippen LogP contribution in [0.1, 0.15) is 0 Å². The summed E-state index contributed by atoms with van der Waals surface area (Å²) in [6, 6.07) is 10.8. The Morgan fingerprint density at radius 2 is 1.62 bits per heavy atom. The van der Waals surface area contributed by atoms with E-state index in [9.17, 15) is 5.11 Å². The van der Waals surface area contributed by atoms with Gasteiger partial charge in [0, 0.05) is 3.57 Å². The first-order chi connectivity index (χ1) is 7.74. The number of benzene rings is 2. The molecule has 0 atom stereocenters. The van der Waals surface area contributed by atoms with Gasteiger partial charge in [-0.15, -0.1) is 0 Å². The number of phenolic OH excluding ortho intramolecular Hbond substituents is 1. The van der Waals surface area contributed by atoms with E-state index >= 15 is 0 Å². The van der Waals surface area contributed by atoms with Crippen molar-refractivity contribution >= 4 is 22.6 Å². The molecule has 0 unspecified atom stereocenters. The zero-order valence-electron chi connectivity index (χ0n) is 8.11. The molecule has 4 heteroatoms. The summed E-state index contributed by atoms with van der Waals surface area (Å²) in [6.45, 7) is 0. The summed E-state index contributed by atoms with van der Waals surface area (Å²) in [4.78, 5) is 0. The SMILES string of the molecule is Oc1cc(I)cc2c1Oc1ccccc1O2. The zero-order chi connectivity index (χ0) is 11.1. The third-order valence-electron chi connectivity index (χ3n) is 2.28. The van der Waals surface area contributed by atoms with Crippen LogP contribution in [0.3, 0.4) is 0 Å². The topological polar surface area (TPSA) is 38.7 Å². The van der Waals surface area contributed by atoms with E-state index in [1.54, 1.807) is 12.1 Å². The number of ether oxygens (including phenoxy) is 2. The summed E-state index contributed by atoms with van der Waals surface area (Å²) in [5.74, 6) is 2.29. The quantitative estimate of drug-likeness (QED) is 0.637. The third kappa shape index (κ3) is 1.49. The molecule has 0 radical (unpaired) electrons. The van der Waals surface area contributed by atoms with Crippen LogP contribution >= 0.6 is 22.6 Å². The van der Waals surface area contributed by atoms with E-state index in [-0.39, 0.29) is 5.75 Å². The molecule has 0 aliphatic carbocycles. The molecule has 0 spiro atoms. The van der Waals surface area contributed by atoms with Crippen LogP contribution in [0.4, 0.5) is 0 Å². The maximum atomic E-state index is 9.75. The number of rotatable bonds is 0. The molecule has 1 N–H and O–H groups in total. The third-order valence-corrected chi connectivity index (χ3v) is 2.90. The molecule has 2 aromatic rings. The number of hydrogen-bond acceptors (Lipinski definition) is 3. The molecular formula is C12H7IO3. The van der Waals surface area contributed by atoms with E-state index in [0.717, 1.165) is 3.57 Å². The number of fused-ring (bicyclic) bond motifs is 2. The Labute approximate surface area is 106 Å². The Morgan fingerprint density at radius 3 is 2.38 bits per heavy atom. The first-order valence-electron chi connectivity index (χ1n) is 4.71. The summed E-state index contributed by atoms with van der Waals surface area (Å²) in [6.07, 6.45) is 0. The average molecular weight is 326 g/mol. The van der Waals surface area contributed by atoms with E-state index < -0.39 is 0 Å². The molecule has 80 valence electrons. The van der Waals surface area contributed by atoms with Gasteiger partial charge >= 0.3 is 0 Å². The minimum absolute atomic E-state index is 0.0939. The van der Waals surface area contributed by atoms with Gasteiger partial charge in [0.2, 0.25) is 5.75 Å². The van der Waals surface area contributed by atoms with Crippen molar-refractivity contribution in [3.05, 3.63) is 40.0 Å². The molecule has 0 bridgehead atoms. The van der Waals surface area contributed by atoms with Gasteiger partial charge in [-0.1, -0.05) is 12.1 Å². The lowest BCUT2D eigenvalue weighted by Crippen LogP contribution is -1.99. The molecule has 0 saturated heterocycles. The average Bonchev–Trinajstić information content (AvgIpc) is 2.27. The lowest BCUT2D eigenvalue weighted by Gasteiger charge is -2.21. The highest BCUT2D eigenvalue weighted by Gasteiger charge is 2.21. The van der Waals surface area contributed by atoms with Crippen LogP contribution in [0.15, 0.2) is 36.4 Å². The molecule has 3 rings (SSSR count). The number of halogens is 1. The van der Waals surface area contributed by atoms with Gasteiger partial charge < -0.3 is 14.6 Å². The van der Waals surface area contributed by atoms with Crippen molar-refractivity contribution in [1.82, 2.24) is 0 Å². The van der Waals surface area contributed by atoms with Crippen molar-refractivity contribution in [2.24, 2.45) is 0 Å². The zero-order valence-corrected chi connectivity index (χ0v) is 10.3. The van der Waals surface area contributed by atoms with Gasteiger partial charge in [-0.3, -0.25) is 0 Å². The molecule has 1 heterocycles. The van der Waals surface area contributed by atoms with E-state index in [4.69, 9.17) is 9.47 Å². The van der Waals surface area contributed by atoms with E-state index in [2.05, 4.69) is 22.6 Å². The Balaban J connectivity index is 2.15. The van der Waals surface area contributed by atoms with E-state index in [1.165, 1.54) is 0 Å².